The maximum Gasteiger partial charge on any atom is 0.291 e. The van der Waals surface area contributed by atoms with E-state index >= 15 is 0 Å². The lowest BCUT2D eigenvalue weighted by Crippen LogP contribution is -2.15. The summed E-state index contributed by atoms with van der Waals surface area (Å²) in [5.74, 6) is -0.426. The molecular weight excluding hydrogens is 346 g/mol. The first-order valence-corrected chi connectivity index (χ1v) is 9.47. The smallest absolute Gasteiger partial charge is 0.291 e. The molecule has 1 heterocycles. The van der Waals surface area contributed by atoms with Crippen LogP contribution in [0.25, 0.3) is 11.0 Å². The van der Waals surface area contributed by atoms with Crippen LogP contribution in [0.4, 0.5) is 5.69 Å². The molecule has 0 saturated carbocycles. The van der Waals surface area contributed by atoms with Crippen LogP contribution in [0.2, 0.25) is 0 Å². The average molecular weight is 367 g/mol. The van der Waals surface area contributed by atoms with Crippen molar-refractivity contribution in [2.45, 2.75) is 37.3 Å². The number of nitrogens with one attached hydrogen (secondary N) is 1. The number of benzene rings is 2. The van der Waals surface area contributed by atoms with E-state index in [1.165, 1.54) is 11.0 Å². The van der Waals surface area contributed by atoms with Crippen molar-refractivity contribution in [3.05, 3.63) is 70.1 Å². The first-order chi connectivity index (χ1) is 12.5. The standard InChI is InChI=1S/C21H21NO3S/c1-4-14(3)26-15-9-10-17(13(2)11-15)22-21(24)20-12-18(23)16-7-5-6-8-19(16)25-20/h5-12,14H,4H2,1-3H3,(H,22,24). The summed E-state index contributed by atoms with van der Waals surface area (Å²) in [6.07, 6.45) is 1.10. The van der Waals surface area contributed by atoms with Gasteiger partial charge in [0.05, 0.1) is 5.39 Å². The molecule has 4 nitrogen and oxygen atoms in total. The highest BCUT2D eigenvalue weighted by Crippen LogP contribution is 2.28. The van der Waals surface area contributed by atoms with Gasteiger partial charge in [0.1, 0.15) is 5.58 Å². The zero-order chi connectivity index (χ0) is 18.7. The number of aryl methyl sites for hydroxylation is 1. The number of hydrogen-bond acceptors (Lipinski definition) is 4. The second-order valence-corrected chi connectivity index (χ2v) is 7.75. The van der Waals surface area contributed by atoms with Crippen molar-refractivity contribution in [3.63, 3.8) is 0 Å². The Morgan fingerprint density at radius 1 is 1.19 bits per heavy atom. The SMILES string of the molecule is CCC(C)Sc1ccc(NC(=O)c2cc(=O)c3ccccc3o2)c(C)c1. The molecule has 0 fully saturated rings. The highest BCUT2D eigenvalue weighted by atomic mass is 32.2. The van der Waals surface area contributed by atoms with Crippen LogP contribution in [-0.2, 0) is 0 Å². The summed E-state index contributed by atoms with van der Waals surface area (Å²) in [5, 5.41) is 3.84. The second kappa shape index (κ2) is 7.79. The first kappa shape index (κ1) is 18.3. The molecule has 5 heteroatoms. The summed E-state index contributed by atoms with van der Waals surface area (Å²) >= 11 is 1.81. The highest BCUT2D eigenvalue weighted by molar-refractivity contribution is 7.99. The van der Waals surface area contributed by atoms with Crippen LogP contribution in [0, 0.1) is 6.92 Å². The second-order valence-electron chi connectivity index (χ2n) is 6.24. The number of carbonyl (C=O) groups excluding carboxylic acids is 1. The van der Waals surface area contributed by atoms with Crippen molar-refractivity contribution < 1.29 is 9.21 Å². The molecule has 1 N–H and O–H groups in total. The maximum absolute atomic E-state index is 12.5. The van der Waals surface area contributed by atoms with Gasteiger partial charge in [0, 0.05) is 21.9 Å². The van der Waals surface area contributed by atoms with Gasteiger partial charge in [-0.1, -0.05) is 26.0 Å². The van der Waals surface area contributed by atoms with Gasteiger partial charge in [-0.3, -0.25) is 9.59 Å². The Balaban J connectivity index is 1.83. The van der Waals surface area contributed by atoms with Crippen LogP contribution in [0.15, 0.2) is 62.6 Å². The fraction of sp³-hybridized carbons (Fsp3) is 0.238. The van der Waals surface area contributed by atoms with E-state index in [-0.39, 0.29) is 11.2 Å². The molecule has 0 radical (unpaired) electrons. The van der Waals surface area contributed by atoms with E-state index in [2.05, 4.69) is 25.2 Å². The van der Waals surface area contributed by atoms with Gasteiger partial charge in [0.25, 0.3) is 5.91 Å². The predicted octanol–water partition coefficient (Wildman–Crippen LogP) is 5.24. The van der Waals surface area contributed by atoms with Gasteiger partial charge in [-0.25, -0.2) is 0 Å². The summed E-state index contributed by atoms with van der Waals surface area (Å²) in [5.41, 5.74) is 1.85. The monoisotopic (exact) mass is 367 g/mol. The third-order valence-electron chi connectivity index (χ3n) is 4.22. The number of para-hydroxylation sites is 1. The van der Waals surface area contributed by atoms with Gasteiger partial charge in [-0.15, -0.1) is 11.8 Å². The van der Waals surface area contributed by atoms with Crippen LogP contribution < -0.4 is 10.7 Å². The normalized spacial score (nSPS) is 12.1. The van der Waals surface area contributed by atoms with E-state index in [9.17, 15) is 9.59 Å². The molecule has 0 spiro atoms. The Morgan fingerprint density at radius 2 is 1.96 bits per heavy atom. The molecule has 0 bridgehead atoms. The van der Waals surface area contributed by atoms with Crippen molar-refractivity contribution in [2.24, 2.45) is 0 Å². The number of thioether (sulfide) groups is 1. The van der Waals surface area contributed by atoms with Crippen LogP contribution in [0.3, 0.4) is 0 Å². The number of carbonyl (C=O) groups is 1. The molecule has 0 saturated heterocycles. The summed E-state index contributed by atoms with van der Waals surface area (Å²) < 4.78 is 5.59. The van der Waals surface area contributed by atoms with Crippen molar-refractivity contribution in [1.29, 1.82) is 0 Å². The zero-order valence-electron chi connectivity index (χ0n) is 15.0. The Labute approximate surface area is 156 Å². The lowest BCUT2D eigenvalue weighted by molar-refractivity contribution is 0.0997. The van der Waals surface area contributed by atoms with Gasteiger partial charge in [-0.05, 0) is 49.2 Å². The van der Waals surface area contributed by atoms with Crippen LogP contribution in [0.5, 0.6) is 0 Å². The maximum atomic E-state index is 12.5. The van der Waals surface area contributed by atoms with Crippen molar-refractivity contribution in [2.75, 3.05) is 5.32 Å². The van der Waals surface area contributed by atoms with Gasteiger partial charge < -0.3 is 9.73 Å². The average Bonchev–Trinajstić information content (AvgIpc) is 2.63. The lowest BCUT2D eigenvalue weighted by atomic mass is 10.2. The largest absolute Gasteiger partial charge is 0.451 e. The molecule has 0 aliphatic heterocycles. The molecule has 2 aromatic carbocycles. The third kappa shape index (κ3) is 3.99. The fourth-order valence-electron chi connectivity index (χ4n) is 2.57. The third-order valence-corrected chi connectivity index (χ3v) is 5.48. The van der Waals surface area contributed by atoms with Gasteiger partial charge in [0.15, 0.2) is 11.2 Å². The van der Waals surface area contributed by atoms with E-state index in [1.807, 2.05) is 30.8 Å². The summed E-state index contributed by atoms with van der Waals surface area (Å²) in [6, 6.07) is 14.1. The molecule has 1 aromatic heterocycles. The van der Waals surface area contributed by atoms with Gasteiger partial charge in [-0.2, -0.15) is 0 Å². The van der Waals surface area contributed by atoms with Crippen molar-refractivity contribution >= 4 is 34.3 Å². The van der Waals surface area contributed by atoms with E-state index in [1.54, 1.807) is 24.3 Å². The Bertz CT molecular complexity index is 1010. The van der Waals surface area contributed by atoms with Crippen molar-refractivity contribution in [1.82, 2.24) is 0 Å². The number of rotatable bonds is 5. The predicted molar refractivity (Wildman–Crippen MR) is 107 cm³/mol. The van der Waals surface area contributed by atoms with E-state index in [4.69, 9.17) is 4.42 Å². The molecule has 3 rings (SSSR count). The summed E-state index contributed by atoms with van der Waals surface area (Å²) in [4.78, 5) is 25.9. The van der Waals surface area contributed by atoms with Gasteiger partial charge >= 0.3 is 0 Å². The number of amides is 1. The molecule has 3 aromatic rings. The molecular formula is C21H21NO3S. The van der Waals surface area contributed by atoms with E-state index in [0.29, 0.717) is 21.9 Å². The molecule has 1 unspecified atom stereocenters. The van der Waals surface area contributed by atoms with Gasteiger partial charge in [0.2, 0.25) is 0 Å². The van der Waals surface area contributed by atoms with Crippen molar-refractivity contribution in [3.8, 4) is 0 Å². The molecule has 0 aliphatic rings. The fourth-order valence-corrected chi connectivity index (χ4v) is 3.59. The number of fused-ring (bicyclic) bond motifs is 1. The molecule has 1 amide bonds. The summed E-state index contributed by atoms with van der Waals surface area (Å²) in [7, 11) is 0. The molecule has 0 aliphatic carbocycles. The first-order valence-electron chi connectivity index (χ1n) is 8.59. The lowest BCUT2D eigenvalue weighted by Gasteiger charge is -2.12. The topological polar surface area (TPSA) is 59.3 Å². The zero-order valence-corrected chi connectivity index (χ0v) is 15.9. The van der Waals surface area contributed by atoms with E-state index in [0.717, 1.165) is 12.0 Å². The minimum atomic E-state index is -0.432. The molecule has 1 atom stereocenters. The van der Waals surface area contributed by atoms with Crippen LogP contribution in [0.1, 0.15) is 36.4 Å². The Hall–Kier alpha value is -2.53. The van der Waals surface area contributed by atoms with E-state index < -0.39 is 5.91 Å². The number of hydrogen-bond donors (Lipinski definition) is 1. The Morgan fingerprint density at radius 3 is 2.69 bits per heavy atom. The highest BCUT2D eigenvalue weighted by Gasteiger charge is 2.14. The molecule has 134 valence electrons. The summed E-state index contributed by atoms with van der Waals surface area (Å²) in [6.45, 7) is 6.31. The number of anilines is 1. The quantitative estimate of drug-likeness (QED) is 0.626. The minimum absolute atomic E-state index is 0.00570. The van der Waals surface area contributed by atoms with Crippen LogP contribution in [-0.4, -0.2) is 11.2 Å². The Kier molecular flexibility index (Phi) is 5.47. The minimum Gasteiger partial charge on any atom is -0.451 e. The molecule has 26 heavy (non-hydrogen) atoms. The van der Waals surface area contributed by atoms with Crippen LogP contribution >= 0.6 is 11.8 Å².